The molecule has 0 spiro atoms. The number of aromatic nitrogens is 5. The van der Waals surface area contributed by atoms with Gasteiger partial charge in [0, 0.05) is 29.8 Å². The van der Waals surface area contributed by atoms with Crippen molar-refractivity contribution in [2.75, 3.05) is 0 Å². The van der Waals surface area contributed by atoms with Gasteiger partial charge in [-0.2, -0.15) is 0 Å². The molecule has 1 N–H and O–H groups in total. The van der Waals surface area contributed by atoms with E-state index in [1.54, 1.807) is 16.7 Å². The third-order valence-corrected chi connectivity index (χ3v) is 4.46. The summed E-state index contributed by atoms with van der Waals surface area (Å²) in [5.74, 6) is 2.02. The standard InChI is InChI=1S/C13H15N5OS2/c1-8(2)5-10-15-12(17-16-10)21-7-9-6-11(19)18-3-4-20-13(18)14-9/h3-4,6,8H,5,7H2,1-2H3,(H,15,16,17). The van der Waals surface area contributed by atoms with Crippen molar-refractivity contribution in [3.05, 3.63) is 39.5 Å². The largest absolute Gasteiger partial charge is 0.269 e. The Balaban J connectivity index is 1.71. The van der Waals surface area contributed by atoms with Crippen molar-refractivity contribution >= 4 is 28.1 Å². The zero-order chi connectivity index (χ0) is 14.8. The van der Waals surface area contributed by atoms with Crippen LogP contribution in [0.4, 0.5) is 0 Å². The van der Waals surface area contributed by atoms with Crippen molar-refractivity contribution in [2.45, 2.75) is 31.2 Å². The number of fused-ring (bicyclic) bond motifs is 1. The predicted molar refractivity (Wildman–Crippen MR) is 83.8 cm³/mol. The summed E-state index contributed by atoms with van der Waals surface area (Å²) in [5, 5.41) is 9.67. The van der Waals surface area contributed by atoms with Crippen LogP contribution in [0.1, 0.15) is 25.4 Å². The Morgan fingerprint density at radius 3 is 3.10 bits per heavy atom. The Morgan fingerprint density at radius 2 is 2.29 bits per heavy atom. The summed E-state index contributed by atoms with van der Waals surface area (Å²) in [6, 6.07) is 1.56. The van der Waals surface area contributed by atoms with Crippen molar-refractivity contribution < 1.29 is 0 Å². The fourth-order valence-electron chi connectivity index (χ4n) is 1.92. The molecule has 0 aliphatic rings. The Morgan fingerprint density at radius 1 is 1.43 bits per heavy atom. The van der Waals surface area contributed by atoms with Gasteiger partial charge in [-0.15, -0.1) is 16.4 Å². The number of nitrogens with zero attached hydrogens (tertiary/aromatic N) is 4. The van der Waals surface area contributed by atoms with Crippen LogP contribution >= 0.6 is 23.1 Å². The van der Waals surface area contributed by atoms with E-state index < -0.39 is 0 Å². The van der Waals surface area contributed by atoms with E-state index in [0.717, 1.165) is 17.9 Å². The van der Waals surface area contributed by atoms with E-state index in [1.807, 2.05) is 5.38 Å². The lowest BCUT2D eigenvalue weighted by Crippen LogP contribution is -2.12. The van der Waals surface area contributed by atoms with Crippen molar-refractivity contribution in [2.24, 2.45) is 5.92 Å². The highest BCUT2D eigenvalue weighted by atomic mass is 32.2. The van der Waals surface area contributed by atoms with Gasteiger partial charge in [-0.3, -0.25) is 14.3 Å². The molecule has 0 bridgehead atoms. The van der Waals surface area contributed by atoms with E-state index in [1.165, 1.54) is 23.1 Å². The number of thioether (sulfide) groups is 1. The molecule has 0 fully saturated rings. The molecule has 3 heterocycles. The molecule has 3 aromatic heterocycles. The average molecular weight is 321 g/mol. The van der Waals surface area contributed by atoms with Crippen LogP contribution in [-0.2, 0) is 12.2 Å². The van der Waals surface area contributed by atoms with Crippen LogP contribution in [-0.4, -0.2) is 24.6 Å². The molecule has 0 amide bonds. The van der Waals surface area contributed by atoms with Gasteiger partial charge in [0.1, 0.15) is 5.82 Å². The maximum absolute atomic E-state index is 11.9. The SMILES string of the molecule is CC(C)Cc1nc(SCc2cc(=O)n3ccsc3n2)n[nH]1. The highest BCUT2D eigenvalue weighted by Crippen LogP contribution is 2.18. The van der Waals surface area contributed by atoms with Gasteiger partial charge in [-0.1, -0.05) is 25.6 Å². The lowest BCUT2D eigenvalue weighted by molar-refractivity contribution is 0.622. The van der Waals surface area contributed by atoms with Crippen molar-refractivity contribution in [3.63, 3.8) is 0 Å². The average Bonchev–Trinajstić information content (AvgIpc) is 3.04. The summed E-state index contributed by atoms with van der Waals surface area (Å²) in [7, 11) is 0. The molecule has 110 valence electrons. The topological polar surface area (TPSA) is 75.9 Å². The lowest BCUT2D eigenvalue weighted by Gasteiger charge is -1.99. The monoisotopic (exact) mass is 321 g/mol. The van der Waals surface area contributed by atoms with Crippen LogP contribution in [0.3, 0.4) is 0 Å². The molecule has 0 atom stereocenters. The fourth-order valence-corrected chi connectivity index (χ4v) is 3.37. The minimum Gasteiger partial charge on any atom is -0.269 e. The molecule has 3 aromatic rings. The van der Waals surface area contributed by atoms with E-state index >= 15 is 0 Å². The molecule has 21 heavy (non-hydrogen) atoms. The van der Waals surface area contributed by atoms with Crippen LogP contribution in [0.15, 0.2) is 27.6 Å². The first kappa shape index (κ1) is 14.3. The summed E-state index contributed by atoms with van der Waals surface area (Å²) < 4.78 is 1.55. The van der Waals surface area contributed by atoms with Gasteiger partial charge in [0.05, 0.1) is 5.69 Å². The molecule has 0 saturated carbocycles. The number of rotatable bonds is 5. The molecule has 8 heteroatoms. The number of hydrogen-bond acceptors (Lipinski definition) is 6. The van der Waals surface area contributed by atoms with Crippen molar-refractivity contribution in [1.82, 2.24) is 24.6 Å². The molecule has 3 rings (SSSR count). The van der Waals surface area contributed by atoms with Gasteiger partial charge in [0.2, 0.25) is 5.16 Å². The van der Waals surface area contributed by atoms with E-state index in [4.69, 9.17) is 0 Å². The Hall–Kier alpha value is -1.67. The second kappa shape index (κ2) is 5.98. The van der Waals surface area contributed by atoms with Crippen LogP contribution in [0.2, 0.25) is 0 Å². The summed E-state index contributed by atoms with van der Waals surface area (Å²) in [5.41, 5.74) is 0.704. The van der Waals surface area contributed by atoms with Gasteiger partial charge in [-0.05, 0) is 5.92 Å². The first-order valence-corrected chi connectivity index (χ1v) is 8.48. The highest BCUT2D eigenvalue weighted by Gasteiger charge is 2.08. The fraction of sp³-hybridized carbons (Fsp3) is 0.385. The summed E-state index contributed by atoms with van der Waals surface area (Å²) in [4.78, 5) is 21.5. The molecular weight excluding hydrogens is 306 g/mol. The van der Waals surface area contributed by atoms with E-state index in [9.17, 15) is 4.79 Å². The second-order valence-electron chi connectivity index (χ2n) is 5.09. The van der Waals surface area contributed by atoms with Gasteiger partial charge in [0.15, 0.2) is 4.96 Å². The van der Waals surface area contributed by atoms with Crippen molar-refractivity contribution in [1.29, 1.82) is 0 Å². The number of hydrogen-bond donors (Lipinski definition) is 1. The van der Waals surface area contributed by atoms with Gasteiger partial charge in [-0.25, -0.2) is 9.97 Å². The van der Waals surface area contributed by atoms with E-state index in [2.05, 4.69) is 34.0 Å². The summed E-state index contributed by atoms with van der Waals surface area (Å²) in [6.45, 7) is 4.28. The van der Waals surface area contributed by atoms with Crippen LogP contribution in [0, 0.1) is 5.92 Å². The Bertz CT molecular complexity index is 804. The zero-order valence-electron chi connectivity index (χ0n) is 11.7. The number of thiazole rings is 1. The molecule has 0 saturated heterocycles. The van der Waals surface area contributed by atoms with Gasteiger partial charge >= 0.3 is 0 Å². The minimum absolute atomic E-state index is 0.0488. The van der Waals surface area contributed by atoms with E-state index in [0.29, 0.717) is 21.8 Å². The highest BCUT2D eigenvalue weighted by molar-refractivity contribution is 7.98. The molecular formula is C13H15N5OS2. The number of nitrogens with one attached hydrogen (secondary N) is 1. The third kappa shape index (κ3) is 3.33. The molecule has 0 unspecified atom stereocenters. The van der Waals surface area contributed by atoms with Crippen molar-refractivity contribution in [3.8, 4) is 0 Å². The Labute approximate surface area is 129 Å². The predicted octanol–water partition coefficient (Wildman–Crippen LogP) is 2.36. The summed E-state index contributed by atoms with van der Waals surface area (Å²) >= 11 is 2.94. The maximum atomic E-state index is 11.9. The lowest BCUT2D eigenvalue weighted by atomic mass is 10.1. The van der Waals surface area contributed by atoms with Crippen LogP contribution in [0.5, 0.6) is 0 Å². The number of aromatic amines is 1. The second-order valence-corrected chi connectivity index (χ2v) is 6.91. The quantitative estimate of drug-likeness (QED) is 0.730. The first-order chi connectivity index (χ1) is 10.1. The van der Waals surface area contributed by atoms with E-state index in [-0.39, 0.29) is 5.56 Å². The van der Waals surface area contributed by atoms with Gasteiger partial charge in [0.25, 0.3) is 5.56 Å². The minimum atomic E-state index is -0.0488. The first-order valence-electron chi connectivity index (χ1n) is 6.61. The Kier molecular flexibility index (Phi) is 4.07. The molecule has 0 aliphatic carbocycles. The molecule has 0 radical (unpaired) electrons. The molecule has 0 aliphatic heterocycles. The maximum Gasteiger partial charge on any atom is 0.258 e. The summed E-state index contributed by atoms with van der Waals surface area (Å²) in [6.07, 6.45) is 2.62. The molecule has 6 nitrogen and oxygen atoms in total. The van der Waals surface area contributed by atoms with Crippen LogP contribution in [0.25, 0.3) is 4.96 Å². The smallest absolute Gasteiger partial charge is 0.258 e. The number of H-pyrrole nitrogens is 1. The zero-order valence-corrected chi connectivity index (χ0v) is 13.4. The van der Waals surface area contributed by atoms with Crippen LogP contribution < -0.4 is 5.56 Å². The normalized spacial score (nSPS) is 11.6. The van der Waals surface area contributed by atoms with Gasteiger partial charge < -0.3 is 0 Å². The third-order valence-electron chi connectivity index (χ3n) is 2.82. The molecule has 0 aromatic carbocycles.